The molecule has 1 aliphatic heterocycles. The van der Waals surface area contributed by atoms with Gasteiger partial charge in [-0.25, -0.2) is 9.92 Å². The fourth-order valence-electron chi connectivity index (χ4n) is 3.67. The molecule has 0 radical (unpaired) electrons. The lowest BCUT2D eigenvalue weighted by Gasteiger charge is -2.26. The first-order valence-corrected chi connectivity index (χ1v) is 10.1. The van der Waals surface area contributed by atoms with Gasteiger partial charge in [-0.1, -0.05) is 0 Å². The van der Waals surface area contributed by atoms with Crippen LogP contribution in [0.15, 0.2) is 64.6 Å². The second-order valence-electron chi connectivity index (χ2n) is 7.46. The van der Waals surface area contributed by atoms with E-state index in [9.17, 15) is 14.0 Å². The van der Waals surface area contributed by atoms with Gasteiger partial charge in [0, 0.05) is 30.5 Å². The second kappa shape index (κ2) is 8.91. The number of pyridine rings is 1. The highest BCUT2D eigenvalue weighted by atomic mass is 19.1. The minimum absolute atomic E-state index is 0.0303. The summed E-state index contributed by atoms with van der Waals surface area (Å²) in [6, 6.07) is 12.7. The molecule has 1 amide bonds. The number of carbonyl (C=O) groups excluding carboxylic acids is 1. The fourth-order valence-corrected chi connectivity index (χ4v) is 3.67. The van der Waals surface area contributed by atoms with Crippen molar-refractivity contribution in [2.75, 3.05) is 18.4 Å². The third-order valence-corrected chi connectivity index (χ3v) is 5.36. The predicted molar refractivity (Wildman–Crippen MR) is 117 cm³/mol. The molecular weight excluding hydrogens is 397 g/mol. The predicted octanol–water partition coefficient (Wildman–Crippen LogP) is 4.73. The maximum atomic E-state index is 13.4. The zero-order valence-electron chi connectivity index (χ0n) is 16.8. The molecule has 31 heavy (non-hydrogen) atoms. The van der Waals surface area contributed by atoms with Crippen molar-refractivity contribution < 1.29 is 9.18 Å². The number of nitrogens with zero attached hydrogens (tertiary/aromatic N) is 2. The lowest BCUT2D eigenvalue weighted by Crippen LogP contribution is -2.35. The van der Waals surface area contributed by atoms with Crippen molar-refractivity contribution in [2.24, 2.45) is 5.11 Å². The minimum atomic E-state index is -0.468. The van der Waals surface area contributed by atoms with Gasteiger partial charge in [0.1, 0.15) is 11.5 Å². The van der Waals surface area contributed by atoms with E-state index in [1.165, 1.54) is 24.8 Å². The first-order valence-electron chi connectivity index (χ1n) is 10.1. The molecule has 158 valence electrons. The van der Waals surface area contributed by atoms with E-state index in [1.807, 2.05) is 4.90 Å². The van der Waals surface area contributed by atoms with Gasteiger partial charge in [-0.05, 0) is 73.2 Å². The van der Waals surface area contributed by atoms with E-state index in [-0.39, 0.29) is 17.2 Å². The number of anilines is 1. The monoisotopic (exact) mass is 419 g/mol. The molecule has 2 heterocycles. The summed E-state index contributed by atoms with van der Waals surface area (Å²) in [5.74, 6) is -0.413. The fraction of sp³-hybridized carbons (Fsp3) is 0.217. The molecule has 0 unspecified atom stereocenters. The highest BCUT2D eigenvalue weighted by Crippen LogP contribution is 2.20. The van der Waals surface area contributed by atoms with Gasteiger partial charge in [0.25, 0.3) is 11.5 Å². The van der Waals surface area contributed by atoms with Crippen molar-refractivity contribution in [1.82, 2.24) is 9.88 Å². The Hall–Kier alpha value is -3.81. The summed E-state index contributed by atoms with van der Waals surface area (Å²) < 4.78 is 13.4. The molecule has 7 nitrogen and oxygen atoms in total. The van der Waals surface area contributed by atoms with Crippen molar-refractivity contribution in [3.63, 3.8) is 0 Å². The van der Waals surface area contributed by atoms with Crippen molar-refractivity contribution >= 4 is 28.2 Å². The molecule has 4 rings (SSSR count). The number of fused-ring (bicyclic) bond motifs is 1. The molecule has 0 bridgehead atoms. The molecule has 3 aromatic rings. The van der Waals surface area contributed by atoms with E-state index in [0.717, 1.165) is 25.9 Å². The Morgan fingerprint density at radius 1 is 1.10 bits per heavy atom. The first kappa shape index (κ1) is 20.5. The number of aromatic amines is 1. The number of carbonyl (C=O) groups is 1. The van der Waals surface area contributed by atoms with E-state index < -0.39 is 11.4 Å². The summed E-state index contributed by atoms with van der Waals surface area (Å²) in [4.78, 5) is 29.4. The van der Waals surface area contributed by atoms with Gasteiger partial charge < -0.3 is 15.2 Å². The molecule has 8 heteroatoms. The molecule has 1 aromatic heterocycles. The molecule has 0 spiro atoms. The number of hydrogen-bond acceptors (Lipinski definition) is 5. The number of likely N-dealkylation sites (tertiary alicyclic amines) is 1. The van der Waals surface area contributed by atoms with E-state index in [4.69, 9.17) is 5.53 Å². The average Bonchev–Trinajstić information content (AvgIpc) is 2.80. The zero-order chi connectivity index (χ0) is 21.8. The van der Waals surface area contributed by atoms with Crippen LogP contribution in [0, 0.1) is 11.3 Å². The highest BCUT2D eigenvalue weighted by molar-refractivity contribution is 5.94. The van der Waals surface area contributed by atoms with Crippen LogP contribution >= 0.6 is 0 Å². The van der Waals surface area contributed by atoms with Crippen LogP contribution in [-0.2, 0) is 0 Å². The number of rotatable bonds is 5. The van der Waals surface area contributed by atoms with Gasteiger partial charge in [0.15, 0.2) is 0 Å². The average molecular weight is 419 g/mol. The van der Waals surface area contributed by atoms with Crippen molar-refractivity contribution in [2.45, 2.75) is 19.3 Å². The number of halogens is 1. The van der Waals surface area contributed by atoms with Crippen LogP contribution in [0.1, 0.15) is 35.2 Å². The molecule has 3 N–H and O–H groups in total. The van der Waals surface area contributed by atoms with Crippen molar-refractivity contribution in [1.29, 1.82) is 5.53 Å². The topological polar surface area (TPSA) is 101 Å². The number of nitrogens with one attached hydrogen (secondary N) is 3. The number of piperidine rings is 1. The summed E-state index contributed by atoms with van der Waals surface area (Å²) in [5.41, 5.74) is 9.00. The number of benzene rings is 2. The van der Waals surface area contributed by atoms with Crippen molar-refractivity contribution in [3.8, 4) is 0 Å². The summed E-state index contributed by atoms with van der Waals surface area (Å²) in [5, 5.41) is 7.10. The van der Waals surface area contributed by atoms with Crippen LogP contribution in [0.25, 0.3) is 16.6 Å². The molecule has 1 aliphatic rings. The Morgan fingerprint density at radius 3 is 2.55 bits per heavy atom. The summed E-state index contributed by atoms with van der Waals surface area (Å²) in [6.45, 7) is 1.59. The molecule has 0 saturated carbocycles. The van der Waals surface area contributed by atoms with E-state index in [1.54, 1.807) is 36.4 Å². The lowest BCUT2D eigenvalue weighted by atomic mass is 10.1. The molecule has 1 fully saturated rings. The van der Waals surface area contributed by atoms with Gasteiger partial charge in [0.05, 0.1) is 11.1 Å². The maximum absolute atomic E-state index is 13.4. The third-order valence-electron chi connectivity index (χ3n) is 5.36. The quantitative estimate of drug-likeness (QED) is 0.521. The van der Waals surface area contributed by atoms with E-state index >= 15 is 0 Å². The van der Waals surface area contributed by atoms with Crippen LogP contribution in [0.3, 0.4) is 0 Å². The van der Waals surface area contributed by atoms with Crippen LogP contribution in [0.2, 0.25) is 0 Å². The Balaban J connectivity index is 1.53. The largest absolute Gasteiger partial charge is 0.360 e. The summed E-state index contributed by atoms with van der Waals surface area (Å²) in [7, 11) is 0. The SMILES string of the molecule is N=N/C(=C\Nc1ccc(C(=O)N2CCCCC2)cc1)c1cc2ccc(F)cc2[nH]c1=O. The normalized spacial score (nSPS) is 14.5. The van der Waals surface area contributed by atoms with Crippen LogP contribution < -0.4 is 10.9 Å². The molecular formula is C23H22FN5O2. The number of H-pyrrole nitrogens is 1. The van der Waals surface area contributed by atoms with E-state index in [0.29, 0.717) is 22.2 Å². The Morgan fingerprint density at radius 2 is 1.84 bits per heavy atom. The Kier molecular flexibility index (Phi) is 5.88. The summed E-state index contributed by atoms with van der Waals surface area (Å²) >= 11 is 0. The van der Waals surface area contributed by atoms with Crippen LogP contribution in [0.4, 0.5) is 10.1 Å². The third kappa shape index (κ3) is 4.53. The lowest BCUT2D eigenvalue weighted by molar-refractivity contribution is 0.0724. The number of amides is 1. The van der Waals surface area contributed by atoms with Gasteiger partial charge in [-0.15, -0.1) is 0 Å². The molecule has 0 aliphatic carbocycles. The minimum Gasteiger partial charge on any atom is -0.360 e. The smallest absolute Gasteiger partial charge is 0.258 e. The second-order valence-corrected chi connectivity index (χ2v) is 7.46. The zero-order valence-corrected chi connectivity index (χ0v) is 16.8. The first-order chi connectivity index (χ1) is 15.0. The maximum Gasteiger partial charge on any atom is 0.258 e. The molecule has 0 atom stereocenters. The summed E-state index contributed by atoms with van der Waals surface area (Å²) in [6.07, 6.45) is 4.70. The molecule has 2 aromatic carbocycles. The Bertz CT molecular complexity index is 1210. The standard InChI is InChI=1S/C23H22FN5O2/c24-17-7-4-16-12-19(22(30)27-20(16)13-17)21(28-25)14-26-18-8-5-15(6-9-18)23(31)29-10-2-1-3-11-29/h4-9,12-14,25-26H,1-3,10-11H2,(H,27,30)/b21-14-,28-25?. The number of hydrogen-bond donors (Lipinski definition) is 3. The van der Waals surface area contributed by atoms with Gasteiger partial charge in [-0.3, -0.25) is 9.59 Å². The van der Waals surface area contributed by atoms with Crippen molar-refractivity contribution in [3.05, 3.63) is 82.0 Å². The van der Waals surface area contributed by atoms with Crippen LogP contribution in [0.5, 0.6) is 0 Å². The van der Waals surface area contributed by atoms with E-state index in [2.05, 4.69) is 15.4 Å². The van der Waals surface area contributed by atoms with Crippen LogP contribution in [-0.4, -0.2) is 28.9 Å². The Labute approximate surface area is 178 Å². The van der Waals surface area contributed by atoms with Gasteiger partial charge in [0.2, 0.25) is 0 Å². The highest BCUT2D eigenvalue weighted by Gasteiger charge is 2.17. The van der Waals surface area contributed by atoms with Gasteiger partial charge in [-0.2, -0.15) is 5.11 Å². The molecule has 1 saturated heterocycles. The number of aromatic nitrogens is 1. The van der Waals surface area contributed by atoms with Gasteiger partial charge >= 0.3 is 0 Å².